The number of thioether (sulfide) groups is 1. The third-order valence-corrected chi connectivity index (χ3v) is 5.59. The number of benzene rings is 1. The molecule has 1 aromatic rings. The van der Waals surface area contributed by atoms with E-state index in [1.807, 2.05) is 23.9 Å². The van der Waals surface area contributed by atoms with Gasteiger partial charge in [-0.15, -0.1) is 0 Å². The second-order valence-corrected chi connectivity index (χ2v) is 7.93. The highest BCUT2D eigenvalue weighted by Crippen LogP contribution is 2.17. The summed E-state index contributed by atoms with van der Waals surface area (Å²) in [7, 11) is 0. The van der Waals surface area contributed by atoms with Gasteiger partial charge in [0, 0.05) is 17.4 Å². The summed E-state index contributed by atoms with van der Waals surface area (Å²) in [5, 5.41) is 3.29. The quantitative estimate of drug-likeness (QED) is 0.729. The Morgan fingerprint density at radius 2 is 1.42 bits per heavy atom. The fraction of sp³-hybridized carbons (Fsp3) is 0.667. The summed E-state index contributed by atoms with van der Waals surface area (Å²) in [6, 6.07) is 8.44. The van der Waals surface area contributed by atoms with Crippen LogP contribution in [0.25, 0.3) is 0 Å². The Hall–Kier alpha value is -0.960. The smallest absolute Gasteiger partial charge is 0.251 e. The minimum atomic E-state index is 0.0998. The molecule has 0 saturated heterocycles. The third-order valence-electron chi connectivity index (χ3n) is 4.97. The maximum Gasteiger partial charge on any atom is 0.251 e. The van der Waals surface area contributed by atoms with E-state index in [1.165, 1.54) is 63.4 Å². The minimum absolute atomic E-state index is 0.0998. The predicted molar refractivity (Wildman–Crippen MR) is 106 cm³/mol. The molecular formula is C21H33NOS. The van der Waals surface area contributed by atoms with Crippen molar-refractivity contribution < 1.29 is 4.79 Å². The summed E-state index contributed by atoms with van der Waals surface area (Å²) in [6.07, 6.45) is 16.4. The Bertz CT molecular complexity index is 459. The van der Waals surface area contributed by atoms with Crippen LogP contribution in [-0.2, 0) is 5.75 Å². The highest BCUT2D eigenvalue weighted by Gasteiger charge is 2.14. The van der Waals surface area contributed by atoms with Crippen molar-refractivity contribution in [2.75, 3.05) is 6.26 Å². The Morgan fingerprint density at radius 3 is 1.92 bits per heavy atom. The number of carbonyl (C=O) groups excluding carboxylic acids is 1. The topological polar surface area (TPSA) is 29.1 Å². The van der Waals surface area contributed by atoms with Gasteiger partial charge in [0.2, 0.25) is 0 Å². The molecule has 2 rings (SSSR count). The van der Waals surface area contributed by atoms with Gasteiger partial charge in [0.15, 0.2) is 0 Å². The SMILES string of the molecule is CSCc1ccc(C(=O)NC2CCCCCCCCCCC2)cc1. The van der Waals surface area contributed by atoms with Crippen molar-refractivity contribution >= 4 is 17.7 Å². The number of hydrogen-bond donors (Lipinski definition) is 1. The summed E-state index contributed by atoms with van der Waals surface area (Å²) < 4.78 is 0. The molecule has 0 spiro atoms. The average molecular weight is 348 g/mol. The summed E-state index contributed by atoms with van der Waals surface area (Å²) in [5.74, 6) is 1.10. The molecule has 0 unspecified atom stereocenters. The van der Waals surface area contributed by atoms with Crippen LogP contribution in [0.15, 0.2) is 24.3 Å². The lowest BCUT2D eigenvalue weighted by atomic mass is 9.97. The van der Waals surface area contributed by atoms with Crippen molar-refractivity contribution in [3.8, 4) is 0 Å². The normalized spacial score (nSPS) is 18.4. The zero-order chi connectivity index (χ0) is 17.0. The molecule has 0 atom stereocenters. The lowest BCUT2D eigenvalue weighted by Crippen LogP contribution is -2.34. The van der Waals surface area contributed by atoms with Gasteiger partial charge in [-0.1, -0.05) is 69.9 Å². The summed E-state index contributed by atoms with van der Waals surface area (Å²) in [5.41, 5.74) is 2.08. The van der Waals surface area contributed by atoms with E-state index in [0.717, 1.165) is 24.2 Å². The first-order valence-electron chi connectivity index (χ1n) is 9.68. The molecule has 1 saturated carbocycles. The van der Waals surface area contributed by atoms with E-state index in [2.05, 4.69) is 23.7 Å². The van der Waals surface area contributed by atoms with Gasteiger partial charge in [0.1, 0.15) is 0 Å². The number of carbonyl (C=O) groups is 1. The second-order valence-electron chi connectivity index (χ2n) is 7.06. The summed E-state index contributed by atoms with van der Waals surface area (Å²) in [4.78, 5) is 12.5. The molecule has 1 N–H and O–H groups in total. The van der Waals surface area contributed by atoms with E-state index in [4.69, 9.17) is 0 Å². The molecule has 1 aromatic carbocycles. The van der Waals surface area contributed by atoms with Crippen molar-refractivity contribution in [1.82, 2.24) is 5.32 Å². The average Bonchev–Trinajstić information content (AvgIpc) is 2.58. The summed E-state index contributed by atoms with van der Waals surface area (Å²) in [6.45, 7) is 0. The highest BCUT2D eigenvalue weighted by atomic mass is 32.2. The van der Waals surface area contributed by atoms with Crippen molar-refractivity contribution in [2.45, 2.75) is 82.4 Å². The first kappa shape index (κ1) is 19.4. The van der Waals surface area contributed by atoms with Crippen molar-refractivity contribution in [3.63, 3.8) is 0 Å². The van der Waals surface area contributed by atoms with Crippen LogP contribution < -0.4 is 5.32 Å². The van der Waals surface area contributed by atoms with Crippen LogP contribution in [0.3, 0.4) is 0 Å². The van der Waals surface area contributed by atoms with Crippen molar-refractivity contribution in [2.24, 2.45) is 0 Å². The molecule has 3 heteroatoms. The monoisotopic (exact) mass is 347 g/mol. The van der Waals surface area contributed by atoms with Crippen LogP contribution in [-0.4, -0.2) is 18.2 Å². The molecule has 0 aliphatic heterocycles. The van der Waals surface area contributed by atoms with Crippen molar-refractivity contribution in [3.05, 3.63) is 35.4 Å². The molecule has 1 amide bonds. The maximum atomic E-state index is 12.5. The van der Waals surface area contributed by atoms with E-state index < -0.39 is 0 Å². The number of rotatable bonds is 4. The van der Waals surface area contributed by atoms with E-state index in [9.17, 15) is 4.79 Å². The van der Waals surface area contributed by atoms with Gasteiger partial charge >= 0.3 is 0 Å². The first-order chi connectivity index (χ1) is 11.8. The zero-order valence-corrected chi connectivity index (χ0v) is 16.0. The third kappa shape index (κ3) is 7.29. The molecule has 134 valence electrons. The molecule has 0 bridgehead atoms. The fourth-order valence-electron chi connectivity index (χ4n) is 3.50. The molecule has 24 heavy (non-hydrogen) atoms. The molecule has 1 fully saturated rings. The second kappa shape index (κ2) is 11.6. The van der Waals surface area contributed by atoms with Gasteiger partial charge in [-0.05, 0) is 36.8 Å². The Labute approximate surface area is 152 Å². The Kier molecular flexibility index (Phi) is 9.34. The van der Waals surface area contributed by atoms with Gasteiger partial charge in [0.25, 0.3) is 5.91 Å². The lowest BCUT2D eigenvalue weighted by Gasteiger charge is -2.19. The van der Waals surface area contributed by atoms with Gasteiger partial charge in [-0.2, -0.15) is 11.8 Å². The summed E-state index contributed by atoms with van der Waals surface area (Å²) >= 11 is 1.81. The molecule has 0 heterocycles. The Morgan fingerprint density at radius 1 is 0.917 bits per heavy atom. The van der Waals surface area contributed by atoms with Crippen LogP contribution in [0.4, 0.5) is 0 Å². The first-order valence-corrected chi connectivity index (χ1v) is 11.1. The maximum absolute atomic E-state index is 12.5. The minimum Gasteiger partial charge on any atom is -0.349 e. The molecule has 2 nitrogen and oxygen atoms in total. The van der Waals surface area contributed by atoms with Gasteiger partial charge in [-0.25, -0.2) is 0 Å². The fourth-order valence-corrected chi connectivity index (χ4v) is 4.02. The molecule has 1 aliphatic rings. The van der Waals surface area contributed by atoms with Gasteiger partial charge < -0.3 is 5.32 Å². The van der Waals surface area contributed by atoms with Gasteiger partial charge in [0.05, 0.1) is 0 Å². The molecular weight excluding hydrogens is 314 g/mol. The molecule has 1 aliphatic carbocycles. The van der Waals surface area contributed by atoms with Crippen LogP contribution in [0.2, 0.25) is 0 Å². The van der Waals surface area contributed by atoms with Gasteiger partial charge in [-0.3, -0.25) is 4.79 Å². The molecule has 0 radical (unpaired) electrons. The van der Waals surface area contributed by atoms with Crippen molar-refractivity contribution in [1.29, 1.82) is 0 Å². The largest absolute Gasteiger partial charge is 0.349 e. The lowest BCUT2D eigenvalue weighted by molar-refractivity contribution is 0.0931. The number of hydrogen-bond acceptors (Lipinski definition) is 2. The molecule has 0 aromatic heterocycles. The van der Waals surface area contributed by atoms with E-state index >= 15 is 0 Å². The Balaban J connectivity index is 1.86. The van der Waals surface area contributed by atoms with Crippen LogP contribution >= 0.6 is 11.8 Å². The number of amides is 1. The number of nitrogens with one attached hydrogen (secondary N) is 1. The van der Waals surface area contributed by atoms with Crippen LogP contribution in [0.1, 0.15) is 86.6 Å². The highest BCUT2D eigenvalue weighted by molar-refractivity contribution is 7.97. The standard InChI is InChI=1S/C21H33NOS/c1-24-17-18-13-15-19(16-14-18)21(23)22-20-11-9-7-5-3-2-4-6-8-10-12-20/h13-16,20H,2-12,17H2,1H3,(H,22,23). The van der Waals surface area contributed by atoms with E-state index in [1.54, 1.807) is 0 Å². The van der Waals surface area contributed by atoms with Crippen LogP contribution in [0.5, 0.6) is 0 Å². The van der Waals surface area contributed by atoms with E-state index in [0.29, 0.717) is 6.04 Å². The predicted octanol–water partition coefficient (Wildman–Crippen LogP) is 5.95. The van der Waals surface area contributed by atoms with E-state index in [-0.39, 0.29) is 5.91 Å². The zero-order valence-electron chi connectivity index (χ0n) is 15.2. The van der Waals surface area contributed by atoms with Crippen LogP contribution in [0, 0.1) is 0 Å².